The topological polar surface area (TPSA) is 67.4 Å². The Hall–Kier alpha value is -2.01. The molecule has 21 heavy (non-hydrogen) atoms. The molecule has 1 saturated heterocycles. The summed E-state index contributed by atoms with van der Waals surface area (Å²) in [5.74, 6) is -1.10. The minimum atomic E-state index is -0.687. The van der Waals surface area contributed by atoms with E-state index in [4.69, 9.17) is 16.3 Å². The zero-order valence-corrected chi connectivity index (χ0v) is 12.4. The van der Waals surface area contributed by atoms with Crippen LogP contribution in [0.2, 0.25) is 5.02 Å². The Bertz CT molecular complexity index is 574. The van der Waals surface area contributed by atoms with Crippen molar-refractivity contribution >= 4 is 23.6 Å². The second-order valence-electron chi connectivity index (χ2n) is 4.80. The third-order valence-electron chi connectivity index (χ3n) is 3.18. The summed E-state index contributed by atoms with van der Waals surface area (Å²) in [6.07, 6.45) is 0.729. The largest absolute Gasteiger partial charge is 0.465 e. The van der Waals surface area contributed by atoms with Gasteiger partial charge in [-0.05, 0) is 24.1 Å². The van der Waals surface area contributed by atoms with Crippen LogP contribution in [0.3, 0.4) is 0 Å². The summed E-state index contributed by atoms with van der Waals surface area (Å²) in [7, 11) is 0. The maximum absolute atomic E-state index is 12.2. The van der Waals surface area contributed by atoms with E-state index in [9.17, 15) is 9.59 Å². The summed E-state index contributed by atoms with van der Waals surface area (Å²) in [6.45, 7) is 6.01. The SMILES string of the molecule is C=C1NC(=O)N[C@@H](c2cccc(Cl)c2)[C@@H]1C(=O)OCCC. The second kappa shape index (κ2) is 6.63. The van der Waals surface area contributed by atoms with Crippen LogP contribution < -0.4 is 10.6 Å². The number of carbonyl (C=O) groups is 2. The third kappa shape index (κ3) is 3.55. The molecule has 2 atom stereocenters. The molecule has 2 rings (SSSR count). The molecule has 1 aromatic rings. The van der Waals surface area contributed by atoms with Gasteiger partial charge in [0, 0.05) is 10.7 Å². The highest BCUT2D eigenvalue weighted by atomic mass is 35.5. The standard InChI is InChI=1S/C15H17ClN2O3/c1-3-7-21-14(19)12-9(2)17-15(20)18-13(12)10-5-4-6-11(16)8-10/h4-6,8,12-13H,2-3,7H2,1H3,(H2,17,18,20)/t12-,13+/m1/s1. The van der Waals surface area contributed by atoms with Crippen molar-refractivity contribution in [3.05, 3.63) is 47.1 Å². The zero-order chi connectivity index (χ0) is 15.4. The van der Waals surface area contributed by atoms with Crippen LogP contribution in [0, 0.1) is 5.92 Å². The first-order valence-corrected chi connectivity index (χ1v) is 7.09. The van der Waals surface area contributed by atoms with Gasteiger partial charge in [0.05, 0.1) is 12.6 Å². The van der Waals surface area contributed by atoms with Crippen molar-refractivity contribution in [2.75, 3.05) is 6.61 Å². The van der Waals surface area contributed by atoms with E-state index in [2.05, 4.69) is 17.2 Å². The third-order valence-corrected chi connectivity index (χ3v) is 3.41. The van der Waals surface area contributed by atoms with E-state index in [0.29, 0.717) is 17.3 Å². The Morgan fingerprint density at radius 2 is 2.24 bits per heavy atom. The highest BCUT2D eigenvalue weighted by Crippen LogP contribution is 2.31. The Morgan fingerprint density at radius 1 is 1.48 bits per heavy atom. The van der Waals surface area contributed by atoms with Gasteiger partial charge in [-0.3, -0.25) is 4.79 Å². The van der Waals surface area contributed by atoms with Crippen molar-refractivity contribution in [1.82, 2.24) is 10.6 Å². The average Bonchev–Trinajstić information content (AvgIpc) is 2.44. The molecule has 112 valence electrons. The number of amides is 2. The van der Waals surface area contributed by atoms with E-state index >= 15 is 0 Å². The number of urea groups is 1. The van der Waals surface area contributed by atoms with Crippen LogP contribution >= 0.6 is 11.6 Å². The number of ether oxygens (including phenoxy) is 1. The van der Waals surface area contributed by atoms with Crippen LogP contribution in [-0.4, -0.2) is 18.6 Å². The molecule has 0 spiro atoms. The lowest BCUT2D eigenvalue weighted by atomic mass is 9.89. The molecule has 1 aliphatic rings. The van der Waals surface area contributed by atoms with Crippen molar-refractivity contribution in [2.45, 2.75) is 19.4 Å². The molecule has 2 N–H and O–H groups in total. The van der Waals surface area contributed by atoms with E-state index in [1.807, 2.05) is 6.92 Å². The van der Waals surface area contributed by atoms with E-state index < -0.39 is 24.0 Å². The van der Waals surface area contributed by atoms with Crippen LogP contribution in [-0.2, 0) is 9.53 Å². The van der Waals surface area contributed by atoms with Crippen LogP contribution in [0.1, 0.15) is 24.9 Å². The molecule has 1 aromatic carbocycles. The Labute approximate surface area is 128 Å². The number of hydrogen-bond donors (Lipinski definition) is 2. The predicted molar refractivity (Wildman–Crippen MR) is 79.7 cm³/mol. The minimum absolute atomic E-state index is 0.324. The van der Waals surface area contributed by atoms with E-state index in [-0.39, 0.29) is 0 Å². The molecule has 0 unspecified atom stereocenters. The van der Waals surface area contributed by atoms with Crippen molar-refractivity contribution in [2.24, 2.45) is 5.92 Å². The Balaban J connectivity index is 2.30. The number of carbonyl (C=O) groups excluding carboxylic acids is 2. The fourth-order valence-corrected chi connectivity index (χ4v) is 2.43. The van der Waals surface area contributed by atoms with Crippen molar-refractivity contribution in [1.29, 1.82) is 0 Å². The quantitative estimate of drug-likeness (QED) is 0.840. The van der Waals surface area contributed by atoms with Crippen LogP contribution in [0.15, 0.2) is 36.5 Å². The van der Waals surface area contributed by atoms with Crippen LogP contribution in [0.4, 0.5) is 4.79 Å². The van der Waals surface area contributed by atoms with Gasteiger partial charge >= 0.3 is 12.0 Å². The summed E-state index contributed by atoms with van der Waals surface area (Å²) in [5, 5.41) is 5.78. The van der Waals surface area contributed by atoms with Gasteiger partial charge in [0.2, 0.25) is 0 Å². The number of benzene rings is 1. The number of halogens is 1. The second-order valence-corrected chi connectivity index (χ2v) is 5.24. The summed E-state index contributed by atoms with van der Waals surface area (Å²) in [5.41, 5.74) is 1.06. The summed E-state index contributed by atoms with van der Waals surface area (Å²) >= 11 is 5.98. The lowest BCUT2D eigenvalue weighted by Gasteiger charge is -2.33. The fourth-order valence-electron chi connectivity index (χ4n) is 2.23. The molecule has 1 fully saturated rings. The maximum Gasteiger partial charge on any atom is 0.319 e. The van der Waals surface area contributed by atoms with E-state index in [1.54, 1.807) is 24.3 Å². The smallest absolute Gasteiger partial charge is 0.319 e. The first kappa shape index (κ1) is 15.4. The zero-order valence-electron chi connectivity index (χ0n) is 11.7. The van der Waals surface area contributed by atoms with E-state index in [0.717, 1.165) is 12.0 Å². The number of esters is 1. The molecule has 0 saturated carbocycles. The molecule has 0 aromatic heterocycles. The van der Waals surface area contributed by atoms with Gasteiger partial charge in [0.1, 0.15) is 5.92 Å². The number of nitrogens with one attached hydrogen (secondary N) is 2. The molecule has 1 aliphatic heterocycles. The molecule has 0 bridgehead atoms. The molecular weight excluding hydrogens is 292 g/mol. The molecule has 5 nitrogen and oxygen atoms in total. The van der Waals surface area contributed by atoms with Gasteiger partial charge in [-0.25, -0.2) is 4.79 Å². The average molecular weight is 309 g/mol. The van der Waals surface area contributed by atoms with Crippen molar-refractivity contribution < 1.29 is 14.3 Å². The first-order chi connectivity index (χ1) is 10.0. The minimum Gasteiger partial charge on any atom is -0.465 e. The van der Waals surface area contributed by atoms with Crippen molar-refractivity contribution in [3.8, 4) is 0 Å². The Kier molecular flexibility index (Phi) is 4.85. The highest BCUT2D eigenvalue weighted by Gasteiger charge is 2.38. The molecule has 2 amide bonds. The van der Waals surface area contributed by atoms with Crippen LogP contribution in [0.25, 0.3) is 0 Å². The highest BCUT2D eigenvalue weighted by molar-refractivity contribution is 6.30. The normalized spacial score (nSPS) is 21.4. The van der Waals surface area contributed by atoms with Gasteiger partial charge in [-0.15, -0.1) is 0 Å². The predicted octanol–water partition coefficient (Wildman–Crippen LogP) is 2.78. The molecule has 6 heteroatoms. The molecule has 0 radical (unpaired) electrons. The van der Waals surface area contributed by atoms with Gasteiger partial charge in [-0.2, -0.15) is 0 Å². The summed E-state index contributed by atoms with van der Waals surface area (Å²) in [4.78, 5) is 23.9. The Morgan fingerprint density at radius 3 is 2.90 bits per heavy atom. The van der Waals surface area contributed by atoms with Gasteiger partial charge in [0.15, 0.2) is 0 Å². The molecule has 0 aliphatic carbocycles. The van der Waals surface area contributed by atoms with Gasteiger partial charge < -0.3 is 15.4 Å². The van der Waals surface area contributed by atoms with E-state index in [1.165, 1.54) is 0 Å². The molecule has 1 heterocycles. The fraction of sp³-hybridized carbons (Fsp3) is 0.333. The van der Waals surface area contributed by atoms with Crippen LogP contribution in [0.5, 0.6) is 0 Å². The monoisotopic (exact) mass is 308 g/mol. The van der Waals surface area contributed by atoms with Crippen molar-refractivity contribution in [3.63, 3.8) is 0 Å². The lowest BCUT2D eigenvalue weighted by Crippen LogP contribution is -2.51. The van der Waals surface area contributed by atoms with Gasteiger partial charge in [-0.1, -0.05) is 37.2 Å². The van der Waals surface area contributed by atoms with Gasteiger partial charge in [0.25, 0.3) is 0 Å². The maximum atomic E-state index is 12.2. The summed E-state index contributed by atoms with van der Waals surface area (Å²) in [6, 6.07) is 6.07. The summed E-state index contributed by atoms with van der Waals surface area (Å²) < 4.78 is 5.19. The first-order valence-electron chi connectivity index (χ1n) is 6.71. The molecular formula is C15H17ClN2O3. The number of hydrogen-bond acceptors (Lipinski definition) is 3. The number of rotatable bonds is 4. The lowest BCUT2D eigenvalue weighted by molar-refractivity contribution is -0.148.